The molecule has 5 heteroatoms. The second-order valence-electron chi connectivity index (χ2n) is 7.96. The van der Waals surface area contributed by atoms with Crippen molar-refractivity contribution < 1.29 is 10.1 Å². The molecule has 0 aliphatic heterocycles. The lowest BCUT2D eigenvalue weighted by atomic mass is 9.95. The van der Waals surface area contributed by atoms with Crippen LogP contribution in [0.1, 0.15) is 55.4 Å². The maximum atomic E-state index is 12.7. The molecule has 2 aromatic heterocycles. The number of benzene rings is 1. The molecule has 0 unspecified atom stereocenters. The Bertz CT molecular complexity index is 896. The first-order chi connectivity index (χ1) is 13.7. The first-order valence-electron chi connectivity index (χ1n) is 10.5. The molecule has 4 nitrogen and oxygen atoms in total. The Kier molecular flexibility index (Phi) is 6.13. The van der Waals surface area contributed by atoms with E-state index in [0.29, 0.717) is 6.04 Å². The molecule has 1 aliphatic carbocycles. The van der Waals surface area contributed by atoms with Gasteiger partial charge < -0.3 is 15.6 Å². The van der Waals surface area contributed by atoms with E-state index in [1.807, 2.05) is 6.92 Å². The van der Waals surface area contributed by atoms with Crippen LogP contribution >= 0.6 is 11.3 Å². The topological polar surface area (TPSA) is 61.5 Å². The third-order valence-corrected chi connectivity index (χ3v) is 6.96. The normalized spacial score (nSPS) is 17.5. The molecule has 1 fully saturated rings. The molecule has 148 valence electrons. The van der Waals surface area contributed by atoms with Gasteiger partial charge in [0.25, 0.3) is 5.91 Å². The lowest BCUT2D eigenvalue weighted by Gasteiger charge is -2.24. The van der Waals surface area contributed by atoms with Crippen LogP contribution in [0.25, 0.3) is 10.9 Å². The Morgan fingerprint density at radius 2 is 2.04 bits per heavy atom. The summed E-state index contributed by atoms with van der Waals surface area (Å²) in [7, 11) is 0. The Morgan fingerprint density at radius 3 is 2.82 bits per heavy atom. The zero-order chi connectivity index (χ0) is 19.3. The maximum absolute atomic E-state index is 12.7. The summed E-state index contributed by atoms with van der Waals surface area (Å²) in [5, 5.41) is 8.87. The highest BCUT2D eigenvalue weighted by Crippen LogP contribution is 2.32. The number of fused-ring (bicyclic) bond motifs is 1. The van der Waals surface area contributed by atoms with Gasteiger partial charge in [-0.05, 0) is 42.8 Å². The van der Waals surface area contributed by atoms with Crippen molar-refractivity contribution >= 4 is 28.1 Å². The Balaban J connectivity index is 1.45. The number of para-hydroxylation sites is 1. The predicted molar refractivity (Wildman–Crippen MR) is 116 cm³/mol. The number of carbonyl (C=O) groups excluding carboxylic acids is 1. The molecular weight excluding hydrogens is 366 g/mol. The number of aromatic nitrogens is 1. The molecule has 1 aliphatic rings. The van der Waals surface area contributed by atoms with Crippen molar-refractivity contribution in [2.24, 2.45) is 0 Å². The maximum Gasteiger partial charge on any atom is 0.278 e. The molecule has 3 aromatic rings. The van der Waals surface area contributed by atoms with E-state index in [9.17, 15) is 4.79 Å². The molecule has 0 saturated heterocycles. The number of hydrogen-bond acceptors (Lipinski definition) is 2. The molecule has 2 heterocycles. The van der Waals surface area contributed by atoms with Gasteiger partial charge >= 0.3 is 0 Å². The Morgan fingerprint density at radius 1 is 1.21 bits per heavy atom. The summed E-state index contributed by atoms with van der Waals surface area (Å²) in [6.45, 7) is 2.89. The largest absolute Gasteiger partial charge is 0.361 e. The zero-order valence-corrected chi connectivity index (χ0v) is 17.3. The van der Waals surface area contributed by atoms with Crippen molar-refractivity contribution in [3.05, 3.63) is 58.4 Å². The third kappa shape index (κ3) is 4.31. The van der Waals surface area contributed by atoms with Gasteiger partial charge in [0.15, 0.2) is 6.04 Å². The molecule has 0 spiro atoms. The number of thiophene rings is 1. The van der Waals surface area contributed by atoms with Crippen molar-refractivity contribution in [3.63, 3.8) is 0 Å². The first kappa shape index (κ1) is 19.2. The molecular formula is C23H30N3OS+. The van der Waals surface area contributed by atoms with Gasteiger partial charge in [0.05, 0.1) is 12.5 Å². The average molecular weight is 397 g/mol. The highest BCUT2D eigenvalue weighted by Gasteiger charge is 2.25. The van der Waals surface area contributed by atoms with Crippen molar-refractivity contribution in [2.45, 2.75) is 57.0 Å². The molecule has 2 atom stereocenters. The number of H-pyrrole nitrogens is 1. The van der Waals surface area contributed by atoms with Crippen LogP contribution in [0.4, 0.5) is 0 Å². The predicted octanol–water partition coefficient (Wildman–Crippen LogP) is 3.76. The summed E-state index contributed by atoms with van der Waals surface area (Å²) in [4.78, 5) is 17.4. The minimum absolute atomic E-state index is 0.0744. The highest BCUT2D eigenvalue weighted by atomic mass is 32.1. The number of nitrogens with two attached hydrogens (primary N) is 1. The summed E-state index contributed by atoms with van der Waals surface area (Å²) in [5.41, 5.74) is 2.48. The van der Waals surface area contributed by atoms with Gasteiger partial charge in [0.1, 0.15) is 0 Å². The van der Waals surface area contributed by atoms with Crippen LogP contribution in [0.5, 0.6) is 0 Å². The number of aromatic amines is 1. The standard InChI is InChI=1S/C23H29N3OS/c1-16(23(27)26-17-8-3-2-4-9-17)24-15-20(22-12-7-13-28-22)19-14-25-21-11-6-5-10-18(19)21/h5-7,10-14,16-17,20,24-25H,2-4,8-9,15H2,1H3,(H,26,27)/p+1/t16-,20-/m0/s1. The molecule has 1 saturated carbocycles. The van der Waals surface area contributed by atoms with Crippen LogP contribution in [-0.2, 0) is 4.79 Å². The quantitative estimate of drug-likeness (QED) is 0.559. The second-order valence-corrected chi connectivity index (χ2v) is 8.94. The van der Waals surface area contributed by atoms with Crippen molar-refractivity contribution in [2.75, 3.05) is 6.54 Å². The number of hydrogen-bond donors (Lipinski definition) is 3. The monoisotopic (exact) mass is 396 g/mol. The Hall–Kier alpha value is -2.11. The molecule has 0 radical (unpaired) electrons. The van der Waals surface area contributed by atoms with Crippen LogP contribution in [0.2, 0.25) is 0 Å². The van der Waals surface area contributed by atoms with Crippen LogP contribution in [-0.4, -0.2) is 29.5 Å². The highest BCUT2D eigenvalue weighted by molar-refractivity contribution is 7.10. The van der Waals surface area contributed by atoms with Crippen molar-refractivity contribution in [1.82, 2.24) is 10.3 Å². The lowest BCUT2D eigenvalue weighted by molar-refractivity contribution is -0.674. The fourth-order valence-corrected chi connectivity index (χ4v) is 5.15. The van der Waals surface area contributed by atoms with Gasteiger partial charge in [0, 0.05) is 28.0 Å². The van der Waals surface area contributed by atoms with Crippen LogP contribution in [0, 0.1) is 0 Å². The number of rotatable bonds is 7. The summed E-state index contributed by atoms with van der Waals surface area (Å²) in [5.74, 6) is 0.455. The van der Waals surface area contributed by atoms with Gasteiger partial charge in [0.2, 0.25) is 0 Å². The summed E-state index contributed by atoms with van der Waals surface area (Å²) >= 11 is 1.79. The van der Waals surface area contributed by atoms with E-state index in [4.69, 9.17) is 0 Å². The van der Waals surface area contributed by atoms with Crippen molar-refractivity contribution in [1.29, 1.82) is 0 Å². The van der Waals surface area contributed by atoms with E-state index in [1.165, 1.54) is 40.6 Å². The van der Waals surface area contributed by atoms with E-state index < -0.39 is 0 Å². The summed E-state index contributed by atoms with van der Waals surface area (Å²) < 4.78 is 0. The van der Waals surface area contributed by atoms with E-state index in [-0.39, 0.29) is 17.9 Å². The molecule has 4 N–H and O–H groups in total. The fraction of sp³-hybridized carbons (Fsp3) is 0.435. The number of amides is 1. The van der Waals surface area contributed by atoms with E-state index in [0.717, 1.165) is 19.4 Å². The van der Waals surface area contributed by atoms with Crippen LogP contribution in [0.15, 0.2) is 48.0 Å². The number of carbonyl (C=O) groups is 1. The molecule has 28 heavy (non-hydrogen) atoms. The van der Waals surface area contributed by atoms with Crippen LogP contribution in [0.3, 0.4) is 0 Å². The van der Waals surface area contributed by atoms with Gasteiger partial charge in [-0.25, -0.2) is 0 Å². The van der Waals surface area contributed by atoms with Crippen LogP contribution < -0.4 is 10.6 Å². The molecule has 4 rings (SSSR count). The minimum atomic E-state index is -0.0744. The fourth-order valence-electron chi connectivity index (χ4n) is 4.29. The number of quaternary nitrogens is 1. The zero-order valence-electron chi connectivity index (χ0n) is 16.5. The molecule has 0 bridgehead atoms. The molecule has 1 amide bonds. The van der Waals surface area contributed by atoms with Gasteiger partial charge in [-0.1, -0.05) is 43.5 Å². The van der Waals surface area contributed by atoms with E-state index in [2.05, 4.69) is 63.6 Å². The van der Waals surface area contributed by atoms with E-state index in [1.54, 1.807) is 11.3 Å². The summed E-state index contributed by atoms with van der Waals surface area (Å²) in [6, 6.07) is 13.1. The van der Waals surface area contributed by atoms with Gasteiger partial charge in [-0.15, -0.1) is 11.3 Å². The van der Waals surface area contributed by atoms with Gasteiger partial charge in [-0.2, -0.15) is 0 Å². The minimum Gasteiger partial charge on any atom is -0.361 e. The third-order valence-electron chi connectivity index (χ3n) is 5.97. The smallest absolute Gasteiger partial charge is 0.278 e. The molecule has 1 aromatic carbocycles. The van der Waals surface area contributed by atoms with E-state index >= 15 is 0 Å². The average Bonchev–Trinajstić information content (AvgIpc) is 3.40. The SMILES string of the molecule is C[C@H]([NH2+]C[C@H](c1cccs1)c1c[nH]c2ccccc12)C(=O)NC1CCCCC1. The lowest BCUT2D eigenvalue weighted by Crippen LogP contribution is -2.92. The van der Waals surface area contributed by atoms with Gasteiger partial charge in [-0.3, -0.25) is 4.79 Å². The number of nitrogens with one attached hydrogen (secondary N) is 2. The van der Waals surface area contributed by atoms with Crippen molar-refractivity contribution in [3.8, 4) is 0 Å². The summed E-state index contributed by atoms with van der Waals surface area (Å²) in [6.07, 6.45) is 8.18. The Labute approximate surface area is 170 Å². The second kappa shape index (κ2) is 8.93. The first-order valence-corrected chi connectivity index (χ1v) is 11.3.